The van der Waals surface area contributed by atoms with Gasteiger partial charge in [-0.1, -0.05) is 12.1 Å². The number of para-hydroxylation sites is 1. The Morgan fingerprint density at radius 1 is 0.957 bits per heavy atom. The maximum atomic E-state index is 12.6. The Labute approximate surface area is 131 Å². The van der Waals surface area contributed by atoms with Crippen molar-refractivity contribution < 1.29 is 26.3 Å². The van der Waals surface area contributed by atoms with Gasteiger partial charge in [-0.25, -0.2) is 8.42 Å². The second-order valence-electron chi connectivity index (χ2n) is 4.41. The SMILES string of the molecule is Nc1ccc(S(=O)(=O)c2ccccc2[N+](=O)[O-])c(S(=O)(=O)O)c1. The van der Waals surface area contributed by atoms with Crippen molar-refractivity contribution in [2.45, 2.75) is 14.7 Å². The number of hydrogen-bond acceptors (Lipinski definition) is 7. The summed E-state index contributed by atoms with van der Waals surface area (Å²) in [5.74, 6) is 0. The van der Waals surface area contributed by atoms with Crippen LogP contribution in [0.1, 0.15) is 0 Å². The van der Waals surface area contributed by atoms with Gasteiger partial charge in [-0.05, 0) is 24.3 Å². The molecular weight excluding hydrogens is 348 g/mol. The molecule has 0 aliphatic rings. The molecule has 0 unspecified atom stereocenters. The predicted octanol–water partition coefficient (Wildman–Crippen LogP) is 1.26. The Kier molecular flexibility index (Phi) is 4.11. The lowest BCUT2D eigenvalue weighted by molar-refractivity contribution is -0.387. The van der Waals surface area contributed by atoms with Gasteiger partial charge >= 0.3 is 0 Å². The summed E-state index contributed by atoms with van der Waals surface area (Å²) >= 11 is 0. The van der Waals surface area contributed by atoms with Gasteiger partial charge in [0.05, 0.1) is 9.82 Å². The van der Waals surface area contributed by atoms with E-state index >= 15 is 0 Å². The van der Waals surface area contributed by atoms with Gasteiger partial charge in [0.15, 0.2) is 0 Å². The van der Waals surface area contributed by atoms with Crippen molar-refractivity contribution in [1.29, 1.82) is 0 Å². The first-order valence-corrected chi connectivity index (χ1v) is 8.83. The Morgan fingerprint density at radius 3 is 2.13 bits per heavy atom. The number of hydrogen-bond donors (Lipinski definition) is 2. The topological polar surface area (TPSA) is 158 Å². The summed E-state index contributed by atoms with van der Waals surface area (Å²) in [6, 6.07) is 7.20. The number of nitro benzene ring substituents is 1. The quantitative estimate of drug-likeness (QED) is 0.358. The van der Waals surface area contributed by atoms with Crippen LogP contribution in [-0.4, -0.2) is 26.3 Å². The molecule has 23 heavy (non-hydrogen) atoms. The lowest BCUT2D eigenvalue weighted by Crippen LogP contribution is -2.11. The van der Waals surface area contributed by atoms with E-state index in [-0.39, 0.29) is 5.69 Å². The van der Waals surface area contributed by atoms with Crippen molar-refractivity contribution in [1.82, 2.24) is 0 Å². The number of anilines is 1. The van der Waals surface area contributed by atoms with Crippen LogP contribution in [0.4, 0.5) is 11.4 Å². The molecule has 0 amide bonds. The van der Waals surface area contributed by atoms with Crippen molar-refractivity contribution in [2.75, 3.05) is 5.73 Å². The molecule has 0 radical (unpaired) electrons. The lowest BCUT2D eigenvalue weighted by Gasteiger charge is -2.09. The number of nitrogens with two attached hydrogens (primary N) is 1. The van der Waals surface area contributed by atoms with E-state index in [2.05, 4.69) is 0 Å². The van der Waals surface area contributed by atoms with Crippen LogP contribution in [0.2, 0.25) is 0 Å². The fourth-order valence-electron chi connectivity index (χ4n) is 1.90. The van der Waals surface area contributed by atoms with E-state index in [0.29, 0.717) is 0 Å². The standard InChI is InChI=1S/C12H10N2O7S2/c13-8-5-6-11(12(7-8)23(19,20)21)22(17,18)10-4-2-1-3-9(10)14(15)16/h1-7H,13H2,(H,19,20,21). The van der Waals surface area contributed by atoms with Crippen LogP contribution in [0.15, 0.2) is 57.2 Å². The van der Waals surface area contributed by atoms with E-state index in [1.165, 1.54) is 12.1 Å². The third kappa shape index (κ3) is 3.16. The van der Waals surface area contributed by atoms with E-state index < -0.39 is 45.3 Å². The van der Waals surface area contributed by atoms with Crippen molar-refractivity contribution >= 4 is 31.3 Å². The minimum Gasteiger partial charge on any atom is -0.399 e. The summed E-state index contributed by atoms with van der Waals surface area (Å²) in [7, 11) is -9.49. The number of rotatable bonds is 4. The zero-order chi connectivity index (χ0) is 17.4. The normalized spacial score (nSPS) is 12.0. The zero-order valence-electron chi connectivity index (χ0n) is 11.3. The number of nitrogens with zero attached hydrogens (tertiary/aromatic N) is 1. The number of nitro groups is 1. The van der Waals surface area contributed by atoms with E-state index in [4.69, 9.17) is 5.73 Å². The highest BCUT2D eigenvalue weighted by Crippen LogP contribution is 2.33. The molecule has 0 fully saturated rings. The molecule has 0 saturated carbocycles. The minimum atomic E-state index is -4.91. The van der Waals surface area contributed by atoms with Crippen LogP contribution >= 0.6 is 0 Å². The molecule has 0 aromatic heterocycles. The number of sulfone groups is 1. The van der Waals surface area contributed by atoms with E-state index in [1.54, 1.807) is 0 Å². The Bertz CT molecular complexity index is 998. The van der Waals surface area contributed by atoms with Gasteiger partial charge in [0.1, 0.15) is 9.79 Å². The Balaban J connectivity index is 2.85. The highest BCUT2D eigenvalue weighted by molar-refractivity contribution is 7.93. The molecule has 2 rings (SSSR count). The first kappa shape index (κ1) is 16.9. The first-order chi connectivity index (χ1) is 10.5. The van der Waals surface area contributed by atoms with Gasteiger partial charge in [0.2, 0.25) is 9.84 Å². The molecule has 0 atom stereocenters. The van der Waals surface area contributed by atoms with Crippen molar-refractivity contribution in [3.63, 3.8) is 0 Å². The molecule has 2 aromatic rings. The smallest absolute Gasteiger partial charge is 0.295 e. The van der Waals surface area contributed by atoms with Crippen LogP contribution in [0.25, 0.3) is 0 Å². The van der Waals surface area contributed by atoms with Gasteiger partial charge in [0, 0.05) is 11.8 Å². The van der Waals surface area contributed by atoms with E-state index in [1.807, 2.05) is 0 Å². The predicted molar refractivity (Wildman–Crippen MR) is 79.2 cm³/mol. The third-order valence-corrected chi connectivity index (χ3v) is 5.77. The summed E-state index contributed by atoms with van der Waals surface area (Å²) < 4.78 is 57.2. The number of nitrogen functional groups attached to an aromatic ring is 1. The largest absolute Gasteiger partial charge is 0.399 e. The molecule has 9 nitrogen and oxygen atoms in total. The molecule has 11 heteroatoms. The van der Waals surface area contributed by atoms with Crippen LogP contribution in [0.5, 0.6) is 0 Å². The summed E-state index contributed by atoms with van der Waals surface area (Å²) in [5.41, 5.74) is 4.59. The molecule has 0 aliphatic heterocycles. The average Bonchev–Trinajstić information content (AvgIpc) is 2.46. The third-order valence-electron chi connectivity index (χ3n) is 2.89. The minimum absolute atomic E-state index is 0.0980. The zero-order valence-corrected chi connectivity index (χ0v) is 12.9. The highest BCUT2D eigenvalue weighted by atomic mass is 32.2. The first-order valence-electron chi connectivity index (χ1n) is 5.90. The molecule has 2 aromatic carbocycles. The molecule has 0 heterocycles. The fraction of sp³-hybridized carbons (Fsp3) is 0. The second kappa shape index (κ2) is 5.61. The monoisotopic (exact) mass is 358 g/mol. The van der Waals surface area contributed by atoms with Crippen LogP contribution in [0, 0.1) is 10.1 Å². The molecular formula is C12H10N2O7S2. The summed E-state index contributed by atoms with van der Waals surface area (Å²) in [6.07, 6.45) is 0. The lowest BCUT2D eigenvalue weighted by atomic mass is 10.3. The van der Waals surface area contributed by atoms with Gasteiger partial charge in [-0.15, -0.1) is 0 Å². The van der Waals surface area contributed by atoms with Crippen LogP contribution in [0.3, 0.4) is 0 Å². The second-order valence-corrected chi connectivity index (χ2v) is 7.69. The van der Waals surface area contributed by atoms with Crippen molar-refractivity contribution in [2.24, 2.45) is 0 Å². The van der Waals surface area contributed by atoms with Crippen molar-refractivity contribution in [3.8, 4) is 0 Å². The van der Waals surface area contributed by atoms with Gasteiger partial charge in [0.25, 0.3) is 15.8 Å². The van der Waals surface area contributed by atoms with Gasteiger partial charge in [-0.2, -0.15) is 8.42 Å². The Hall–Kier alpha value is -2.50. The van der Waals surface area contributed by atoms with Crippen molar-refractivity contribution in [3.05, 3.63) is 52.6 Å². The maximum absolute atomic E-state index is 12.6. The molecule has 3 N–H and O–H groups in total. The molecule has 0 saturated heterocycles. The summed E-state index contributed by atoms with van der Waals surface area (Å²) in [6.45, 7) is 0. The highest BCUT2D eigenvalue weighted by Gasteiger charge is 2.32. The summed E-state index contributed by atoms with van der Waals surface area (Å²) in [5, 5.41) is 11.0. The van der Waals surface area contributed by atoms with Crippen LogP contribution < -0.4 is 5.73 Å². The van der Waals surface area contributed by atoms with E-state index in [9.17, 15) is 31.5 Å². The molecule has 122 valence electrons. The summed E-state index contributed by atoms with van der Waals surface area (Å²) in [4.78, 5) is 7.64. The maximum Gasteiger partial charge on any atom is 0.295 e. The van der Waals surface area contributed by atoms with Gasteiger partial charge in [-0.3, -0.25) is 14.7 Å². The van der Waals surface area contributed by atoms with E-state index in [0.717, 1.165) is 30.3 Å². The molecule has 0 bridgehead atoms. The molecule has 0 aliphatic carbocycles. The number of benzene rings is 2. The fourth-order valence-corrected chi connectivity index (χ4v) is 4.64. The van der Waals surface area contributed by atoms with Gasteiger partial charge < -0.3 is 5.73 Å². The molecule has 0 spiro atoms. The van der Waals surface area contributed by atoms with Crippen LogP contribution in [-0.2, 0) is 20.0 Å². The average molecular weight is 358 g/mol. The Morgan fingerprint density at radius 2 is 1.57 bits per heavy atom.